The summed E-state index contributed by atoms with van der Waals surface area (Å²) in [6, 6.07) is 15.1. The minimum atomic E-state index is -0.185. The Balaban J connectivity index is 0.00000115. The fourth-order valence-electron chi connectivity index (χ4n) is 3.73. The van der Waals surface area contributed by atoms with Crippen LogP contribution in [0.5, 0.6) is 5.75 Å². The van der Waals surface area contributed by atoms with Crippen molar-refractivity contribution >= 4 is 39.4 Å². The molecule has 1 fully saturated rings. The number of anilines is 4. The molecular weight excluding hydrogens is 476 g/mol. The van der Waals surface area contributed by atoms with Crippen LogP contribution < -0.4 is 20.7 Å². The molecule has 4 rings (SSSR count). The number of methoxy groups -OCH3 is 1. The molecule has 3 aromatic rings. The van der Waals surface area contributed by atoms with Crippen molar-refractivity contribution in [3.05, 3.63) is 63.9 Å². The molecule has 1 aliphatic rings. The van der Waals surface area contributed by atoms with Crippen molar-refractivity contribution < 1.29 is 9.53 Å². The number of aromatic nitrogens is 1. The Morgan fingerprint density at radius 1 is 1.14 bits per heavy atom. The van der Waals surface area contributed by atoms with Crippen molar-refractivity contribution in [2.24, 2.45) is 5.18 Å². The monoisotopic (exact) mass is 510 g/mol. The molecule has 0 radical (unpaired) electrons. The smallest absolute Gasteiger partial charge is 0.206 e. The van der Waals surface area contributed by atoms with E-state index in [9.17, 15) is 9.70 Å². The molecule has 0 spiro atoms. The quantitative estimate of drug-likeness (QED) is 0.305. The van der Waals surface area contributed by atoms with Gasteiger partial charge in [-0.1, -0.05) is 48.9 Å². The lowest BCUT2D eigenvalue weighted by molar-refractivity contribution is 0.104. The normalized spacial score (nSPS) is 13.5. The highest BCUT2D eigenvalue weighted by atomic mass is 32.1. The van der Waals surface area contributed by atoms with Crippen molar-refractivity contribution in [2.75, 3.05) is 62.3 Å². The summed E-state index contributed by atoms with van der Waals surface area (Å²) in [6.07, 6.45) is 1.25. The van der Waals surface area contributed by atoms with Crippen molar-refractivity contribution in [1.29, 1.82) is 0 Å². The van der Waals surface area contributed by atoms with Crippen molar-refractivity contribution in [3.8, 4) is 5.75 Å². The Labute approximate surface area is 216 Å². The molecule has 0 bridgehead atoms. The maximum Gasteiger partial charge on any atom is 0.206 e. The molecule has 2 aromatic carbocycles. The second-order valence-electron chi connectivity index (χ2n) is 8.35. The predicted octanol–water partition coefficient (Wildman–Crippen LogP) is 5.01. The minimum absolute atomic E-state index is 0.185. The van der Waals surface area contributed by atoms with Gasteiger partial charge in [0.05, 0.1) is 13.7 Å². The fraction of sp³-hybridized carbons (Fsp3) is 0.385. The SMILES string of the molecule is CCC.COc1cccc(C(=O)c2sc(Nc3ccc(N4CCN(CCN=O)CC4)cc3)nc2N)c1. The first-order valence-electron chi connectivity index (χ1n) is 12.1. The summed E-state index contributed by atoms with van der Waals surface area (Å²) in [5.41, 5.74) is 8.55. The van der Waals surface area contributed by atoms with E-state index in [-0.39, 0.29) is 11.6 Å². The molecule has 2 heterocycles. The third kappa shape index (κ3) is 7.25. The third-order valence-electron chi connectivity index (χ3n) is 5.56. The standard InChI is InChI=1S/C23H26N6O3S.C3H8/c1-32-19-4-2-3-16(15-19)20(30)21-22(24)27-23(33-21)26-17-5-7-18(8-6-17)29-13-11-28(12-14-29)10-9-25-31;1-3-2/h2-8,15H,9-14,24H2,1H3,(H,26,27);3H2,1-2H3. The van der Waals surface area contributed by atoms with Crippen molar-refractivity contribution in [1.82, 2.24) is 9.88 Å². The van der Waals surface area contributed by atoms with Crippen LogP contribution >= 0.6 is 11.3 Å². The Morgan fingerprint density at radius 3 is 2.47 bits per heavy atom. The highest BCUT2D eigenvalue weighted by Gasteiger charge is 2.19. The largest absolute Gasteiger partial charge is 0.497 e. The van der Waals surface area contributed by atoms with Gasteiger partial charge in [-0.25, -0.2) is 4.98 Å². The summed E-state index contributed by atoms with van der Waals surface area (Å²) in [6.45, 7) is 8.96. The number of thiazole rings is 1. The lowest BCUT2D eigenvalue weighted by Gasteiger charge is -2.35. The van der Waals surface area contributed by atoms with E-state index in [2.05, 4.69) is 51.3 Å². The van der Waals surface area contributed by atoms with Gasteiger partial charge in [0.15, 0.2) is 5.13 Å². The van der Waals surface area contributed by atoms with Crippen LogP contribution in [0.25, 0.3) is 0 Å². The van der Waals surface area contributed by atoms with Crippen LogP contribution in [-0.2, 0) is 0 Å². The molecule has 1 saturated heterocycles. The molecule has 3 N–H and O–H groups in total. The Morgan fingerprint density at radius 2 is 1.83 bits per heavy atom. The molecule has 0 unspecified atom stereocenters. The summed E-state index contributed by atoms with van der Waals surface area (Å²) in [5.74, 6) is 0.631. The lowest BCUT2D eigenvalue weighted by Crippen LogP contribution is -2.47. The van der Waals surface area contributed by atoms with Gasteiger partial charge >= 0.3 is 0 Å². The lowest BCUT2D eigenvalue weighted by atomic mass is 10.1. The molecule has 1 aromatic heterocycles. The number of rotatable bonds is 9. The Bertz CT molecular complexity index is 1130. The molecule has 0 atom stereocenters. The molecule has 1 aliphatic heterocycles. The molecular formula is C26H34N6O3S. The number of nitrogen functional groups attached to an aromatic ring is 1. The van der Waals surface area contributed by atoms with E-state index < -0.39 is 0 Å². The number of nitrogens with two attached hydrogens (primary N) is 1. The van der Waals surface area contributed by atoms with E-state index in [1.54, 1.807) is 31.4 Å². The number of carbonyl (C=O) groups excluding carboxylic acids is 1. The van der Waals surface area contributed by atoms with Gasteiger partial charge in [0.2, 0.25) is 5.78 Å². The summed E-state index contributed by atoms with van der Waals surface area (Å²) in [4.78, 5) is 32.5. The molecule has 9 nitrogen and oxygen atoms in total. The molecule has 0 saturated carbocycles. The maximum atomic E-state index is 12.9. The highest BCUT2D eigenvalue weighted by molar-refractivity contribution is 7.18. The van der Waals surface area contributed by atoms with Crippen LogP contribution in [-0.4, -0.2) is 62.0 Å². The Hall–Kier alpha value is -3.50. The van der Waals surface area contributed by atoms with E-state index in [1.165, 1.54) is 17.8 Å². The van der Waals surface area contributed by atoms with E-state index >= 15 is 0 Å². The first kappa shape index (κ1) is 27.1. The summed E-state index contributed by atoms with van der Waals surface area (Å²) in [5, 5.41) is 6.74. The molecule has 10 heteroatoms. The van der Waals surface area contributed by atoms with Crippen LogP contribution in [0.1, 0.15) is 35.5 Å². The number of ketones is 1. The van der Waals surface area contributed by atoms with E-state index in [0.29, 0.717) is 27.9 Å². The number of benzene rings is 2. The molecule has 0 amide bonds. The molecule has 36 heavy (non-hydrogen) atoms. The van der Waals surface area contributed by atoms with Gasteiger partial charge in [0, 0.05) is 49.7 Å². The number of piperazine rings is 1. The number of nitrogens with one attached hydrogen (secondary N) is 1. The third-order valence-corrected chi connectivity index (χ3v) is 6.54. The van der Waals surface area contributed by atoms with Crippen molar-refractivity contribution in [2.45, 2.75) is 20.3 Å². The van der Waals surface area contributed by atoms with Gasteiger partial charge in [-0.05, 0) is 36.4 Å². The second kappa shape index (κ2) is 13.6. The van der Waals surface area contributed by atoms with Gasteiger partial charge in [0.25, 0.3) is 0 Å². The van der Waals surface area contributed by atoms with Gasteiger partial charge in [-0.15, -0.1) is 0 Å². The van der Waals surface area contributed by atoms with Crippen LogP contribution in [0.3, 0.4) is 0 Å². The molecule has 192 valence electrons. The van der Waals surface area contributed by atoms with E-state index in [0.717, 1.165) is 44.1 Å². The zero-order valence-electron chi connectivity index (χ0n) is 21.1. The number of hydrogen-bond acceptors (Lipinski definition) is 10. The number of nitroso groups, excluding NO2 is 1. The van der Waals surface area contributed by atoms with Crippen LogP contribution in [0.15, 0.2) is 53.7 Å². The number of carbonyl (C=O) groups is 1. The minimum Gasteiger partial charge on any atom is -0.497 e. The first-order valence-corrected chi connectivity index (χ1v) is 12.9. The van der Waals surface area contributed by atoms with Crippen LogP contribution in [0, 0.1) is 4.91 Å². The number of ether oxygens (including phenoxy) is 1. The highest BCUT2D eigenvalue weighted by Crippen LogP contribution is 2.31. The zero-order valence-corrected chi connectivity index (χ0v) is 21.9. The Kier molecular flexibility index (Phi) is 10.2. The van der Waals surface area contributed by atoms with Gasteiger partial charge in [-0.3, -0.25) is 9.69 Å². The van der Waals surface area contributed by atoms with Gasteiger partial charge < -0.3 is 20.7 Å². The van der Waals surface area contributed by atoms with Crippen LogP contribution in [0.4, 0.5) is 22.3 Å². The van der Waals surface area contributed by atoms with Gasteiger partial charge in [-0.2, -0.15) is 4.91 Å². The summed E-state index contributed by atoms with van der Waals surface area (Å²) in [7, 11) is 1.56. The fourth-order valence-corrected chi connectivity index (χ4v) is 4.60. The number of nitrogens with zero attached hydrogens (tertiary/aromatic N) is 4. The van der Waals surface area contributed by atoms with E-state index in [4.69, 9.17) is 10.5 Å². The average molecular weight is 511 g/mol. The van der Waals surface area contributed by atoms with Crippen molar-refractivity contribution in [3.63, 3.8) is 0 Å². The average Bonchev–Trinajstić information content (AvgIpc) is 3.28. The first-order chi connectivity index (χ1) is 17.5. The van der Waals surface area contributed by atoms with Gasteiger partial charge in [0.1, 0.15) is 16.4 Å². The zero-order chi connectivity index (χ0) is 25.9. The van der Waals surface area contributed by atoms with E-state index in [1.807, 2.05) is 12.1 Å². The second-order valence-corrected chi connectivity index (χ2v) is 9.35. The topological polar surface area (TPSA) is 113 Å². The summed E-state index contributed by atoms with van der Waals surface area (Å²) >= 11 is 1.23. The predicted molar refractivity (Wildman–Crippen MR) is 148 cm³/mol. The number of hydrogen-bond donors (Lipinski definition) is 2. The van der Waals surface area contributed by atoms with Crippen LogP contribution in [0.2, 0.25) is 0 Å². The maximum absolute atomic E-state index is 12.9. The molecule has 0 aliphatic carbocycles. The summed E-state index contributed by atoms with van der Waals surface area (Å²) < 4.78 is 5.20.